The summed E-state index contributed by atoms with van der Waals surface area (Å²) in [6.45, 7) is 5.16. The lowest BCUT2D eigenvalue weighted by molar-refractivity contribution is -0.193. The number of carboxylic acid groups (broad SMARTS) is 3. The summed E-state index contributed by atoms with van der Waals surface area (Å²) in [7, 11) is 0. The van der Waals surface area contributed by atoms with Crippen LogP contribution in [0.4, 0.5) is 49.9 Å². The Balaban J connectivity index is 0.000000413. The number of carboxylic acids is 3. The highest BCUT2D eigenvalue weighted by Gasteiger charge is 2.40. The van der Waals surface area contributed by atoms with E-state index in [0.717, 1.165) is 38.4 Å². The number of likely N-dealkylation sites (tertiary alicyclic amines) is 1. The summed E-state index contributed by atoms with van der Waals surface area (Å²) in [6, 6.07) is 6.12. The van der Waals surface area contributed by atoms with Crippen LogP contribution in [0.25, 0.3) is 0 Å². The molecule has 4 heterocycles. The van der Waals surface area contributed by atoms with Crippen LogP contribution in [-0.2, 0) is 20.9 Å². The third kappa shape index (κ3) is 14.7. The molecule has 0 aliphatic carbocycles. The maximum Gasteiger partial charge on any atom is 0.490 e. The summed E-state index contributed by atoms with van der Waals surface area (Å²) in [6.07, 6.45) is -6.04. The Morgan fingerprint density at radius 3 is 1.43 bits per heavy atom. The van der Waals surface area contributed by atoms with Crippen molar-refractivity contribution in [3.8, 4) is 0 Å². The van der Waals surface area contributed by atoms with E-state index in [-0.39, 0.29) is 5.82 Å². The molecule has 11 nitrogen and oxygen atoms in total. The zero-order chi connectivity index (χ0) is 35.3. The standard InChI is InChI=1S/C19H24FN5.3C2HF3O2/c20-16-13-22-18(23-14-16)25-11-6-19(7-12-25)4-9-24(10-5-19)15-17-3-1-2-8-21-17;3*3-2(4,5)1(6)7/h1-3,8,13-14H,4-7,9-12,15H2;3*(H,6,7). The molecule has 2 aromatic rings. The zero-order valence-corrected chi connectivity index (χ0v) is 23.4. The Morgan fingerprint density at radius 2 is 1.09 bits per heavy atom. The number of piperidine rings is 2. The molecule has 0 saturated carbocycles. The minimum atomic E-state index is -5.08. The molecule has 0 bridgehead atoms. The Morgan fingerprint density at radius 1 is 0.696 bits per heavy atom. The molecule has 1 spiro atoms. The number of nitrogens with zero attached hydrogens (tertiary/aromatic N) is 5. The van der Waals surface area contributed by atoms with Crippen LogP contribution in [0.3, 0.4) is 0 Å². The first-order valence-electron chi connectivity index (χ1n) is 12.8. The SMILES string of the molecule is Fc1cnc(N2CCC3(CCN(Cc4ccccn4)CC3)CC2)nc1.O=C(O)C(F)(F)F.O=C(O)C(F)(F)F.O=C(O)C(F)(F)F. The van der Waals surface area contributed by atoms with Crippen LogP contribution in [0, 0.1) is 11.2 Å². The van der Waals surface area contributed by atoms with E-state index in [0.29, 0.717) is 11.4 Å². The number of aliphatic carboxylic acids is 3. The third-order valence-electron chi connectivity index (χ3n) is 6.47. The fraction of sp³-hybridized carbons (Fsp3) is 0.520. The Bertz CT molecular complexity index is 1190. The number of anilines is 1. The molecule has 2 aromatic heterocycles. The number of alkyl halides is 9. The predicted octanol–water partition coefficient (Wildman–Crippen LogP) is 4.79. The van der Waals surface area contributed by atoms with Gasteiger partial charge in [-0.3, -0.25) is 9.88 Å². The second kappa shape index (κ2) is 16.9. The fourth-order valence-electron chi connectivity index (χ4n) is 4.06. The molecule has 3 N–H and O–H groups in total. The average Bonchev–Trinajstić information content (AvgIpc) is 2.95. The van der Waals surface area contributed by atoms with Crippen molar-refractivity contribution in [2.45, 2.75) is 50.8 Å². The van der Waals surface area contributed by atoms with Crippen molar-refractivity contribution in [3.05, 3.63) is 48.3 Å². The zero-order valence-electron chi connectivity index (χ0n) is 23.4. The Labute approximate surface area is 253 Å². The summed E-state index contributed by atoms with van der Waals surface area (Å²) in [5.74, 6) is -7.99. The van der Waals surface area contributed by atoms with Crippen molar-refractivity contribution in [1.29, 1.82) is 0 Å². The summed E-state index contributed by atoms with van der Waals surface area (Å²) in [4.78, 5) is 44.1. The highest BCUT2D eigenvalue weighted by molar-refractivity contribution is 5.73. The van der Waals surface area contributed by atoms with E-state index in [1.165, 1.54) is 38.1 Å². The van der Waals surface area contributed by atoms with Gasteiger partial charge in [0, 0.05) is 25.8 Å². The number of hydrogen-bond donors (Lipinski definition) is 3. The molecule has 2 aliphatic heterocycles. The lowest BCUT2D eigenvalue weighted by Crippen LogP contribution is -2.47. The molecule has 0 amide bonds. The molecule has 46 heavy (non-hydrogen) atoms. The van der Waals surface area contributed by atoms with E-state index >= 15 is 0 Å². The first-order valence-corrected chi connectivity index (χ1v) is 12.8. The predicted molar refractivity (Wildman–Crippen MR) is 136 cm³/mol. The van der Waals surface area contributed by atoms with Crippen LogP contribution in [0.15, 0.2) is 36.8 Å². The maximum absolute atomic E-state index is 13.0. The van der Waals surface area contributed by atoms with Crippen molar-refractivity contribution in [2.24, 2.45) is 5.41 Å². The van der Waals surface area contributed by atoms with E-state index in [9.17, 15) is 43.9 Å². The van der Waals surface area contributed by atoms with Gasteiger partial charge < -0.3 is 20.2 Å². The van der Waals surface area contributed by atoms with E-state index in [2.05, 4.69) is 36.9 Å². The molecule has 4 rings (SSSR count). The van der Waals surface area contributed by atoms with E-state index in [4.69, 9.17) is 29.7 Å². The highest BCUT2D eigenvalue weighted by atomic mass is 19.4. The largest absolute Gasteiger partial charge is 0.490 e. The van der Waals surface area contributed by atoms with Crippen LogP contribution < -0.4 is 4.90 Å². The van der Waals surface area contributed by atoms with Gasteiger partial charge in [0.1, 0.15) is 0 Å². The minimum Gasteiger partial charge on any atom is -0.475 e. The van der Waals surface area contributed by atoms with Gasteiger partial charge in [0.05, 0.1) is 18.1 Å². The van der Waals surface area contributed by atoms with Gasteiger partial charge in [-0.15, -0.1) is 0 Å². The van der Waals surface area contributed by atoms with Crippen LogP contribution in [-0.4, -0.2) is 97.8 Å². The van der Waals surface area contributed by atoms with Crippen LogP contribution in [0.5, 0.6) is 0 Å². The molecule has 21 heteroatoms. The number of halogens is 10. The summed E-state index contributed by atoms with van der Waals surface area (Å²) in [5, 5.41) is 21.4. The molecule has 2 saturated heterocycles. The van der Waals surface area contributed by atoms with Crippen molar-refractivity contribution >= 4 is 23.9 Å². The van der Waals surface area contributed by atoms with Gasteiger partial charge >= 0.3 is 36.4 Å². The second-order valence-corrected chi connectivity index (χ2v) is 9.69. The van der Waals surface area contributed by atoms with Gasteiger partial charge in [-0.1, -0.05) is 6.07 Å². The molecule has 0 aromatic carbocycles. The number of pyridine rings is 1. The third-order valence-corrected chi connectivity index (χ3v) is 6.47. The van der Waals surface area contributed by atoms with Gasteiger partial charge in [0.25, 0.3) is 0 Å². The van der Waals surface area contributed by atoms with Crippen LogP contribution in [0.2, 0.25) is 0 Å². The summed E-state index contributed by atoms with van der Waals surface area (Å²) in [5.41, 5.74) is 1.61. The molecule has 0 atom stereocenters. The first kappa shape index (κ1) is 39.7. The molecule has 0 unspecified atom stereocenters. The van der Waals surface area contributed by atoms with Gasteiger partial charge in [0.2, 0.25) is 5.95 Å². The van der Waals surface area contributed by atoms with Crippen molar-refractivity contribution in [3.63, 3.8) is 0 Å². The molecule has 0 radical (unpaired) electrons. The lowest BCUT2D eigenvalue weighted by atomic mass is 9.71. The van der Waals surface area contributed by atoms with Gasteiger partial charge in [-0.25, -0.2) is 28.7 Å². The summed E-state index contributed by atoms with van der Waals surface area (Å²) >= 11 is 0. The Hall–Kier alpha value is -4.30. The molecular weight excluding hydrogens is 656 g/mol. The number of aromatic nitrogens is 3. The van der Waals surface area contributed by atoms with E-state index in [1.54, 1.807) is 0 Å². The number of carbonyl (C=O) groups is 3. The van der Waals surface area contributed by atoms with Crippen molar-refractivity contribution < 1.29 is 73.6 Å². The summed E-state index contributed by atoms with van der Waals surface area (Å²) < 4.78 is 108. The lowest BCUT2D eigenvalue weighted by Gasteiger charge is -2.46. The minimum absolute atomic E-state index is 0.377. The number of hydrogen-bond acceptors (Lipinski definition) is 8. The second-order valence-electron chi connectivity index (χ2n) is 9.69. The first-order chi connectivity index (χ1) is 21.1. The quantitative estimate of drug-likeness (QED) is 0.382. The highest BCUT2D eigenvalue weighted by Crippen LogP contribution is 2.41. The van der Waals surface area contributed by atoms with Crippen molar-refractivity contribution in [1.82, 2.24) is 19.9 Å². The van der Waals surface area contributed by atoms with Crippen LogP contribution in [0.1, 0.15) is 31.4 Å². The van der Waals surface area contributed by atoms with Gasteiger partial charge in [0.15, 0.2) is 5.82 Å². The average molecular weight is 684 g/mol. The van der Waals surface area contributed by atoms with Crippen LogP contribution >= 0.6 is 0 Å². The topological polar surface area (TPSA) is 157 Å². The monoisotopic (exact) mass is 683 g/mol. The molecule has 2 aliphatic rings. The molecular formula is C25H27F10N5O6. The molecule has 258 valence electrons. The van der Waals surface area contributed by atoms with Crippen molar-refractivity contribution in [2.75, 3.05) is 31.1 Å². The number of rotatable bonds is 3. The molecule has 2 fully saturated rings. The van der Waals surface area contributed by atoms with E-state index in [1.807, 2.05) is 12.3 Å². The van der Waals surface area contributed by atoms with E-state index < -0.39 is 36.4 Å². The fourth-order valence-corrected chi connectivity index (χ4v) is 4.06. The van der Waals surface area contributed by atoms with Gasteiger partial charge in [-0.2, -0.15) is 39.5 Å². The smallest absolute Gasteiger partial charge is 0.475 e. The normalized spacial score (nSPS) is 16.4. The van der Waals surface area contributed by atoms with Gasteiger partial charge in [-0.05, 0) is 56.3 Å². The maximum atomic E-state index is 13.0. The Kier molecular flexibility index (Phi) is 14.6.